The van der Waals surface area contributed by atoms with Crippen LogP contribution in [0.2, 0.25) is 5.02 Å². The fraction of sp³-hybridized carbons (Fsp3) is 0.250. The SMILES string of the molecule is Cc1c(C(=O)N(C)C)oc2cc(Cl)ccc12. The van der Waals surface area contributed by atoms with Crippen LogP contribution in [0.3, 0.4) is 0 Å². The zero-order valence-corrected chi connectivity index (χ0v) is 10.1. The molecule has 0 aliphatic carbocycles. The molecule has 0 radical (unpaired) electrons. The predicted molar refractivity (Wildman–Crippen MR) is 64.0 cm³/mol. The number of fused-ring (bicyclic) bond motifs is 1. The molecule has 16 heavy (non-hydrogen) atoms. The van der Waals surface area contributed by atoms with Crippen LogP contribution in [-0.4, -0.2) is 24.9 Å². The molecule has 0 aliphatic rings. The molecule has 1 aromatic carbocycles. The molecule has 1 amide bonds. The number of furan rings is 1. The molecular formula is C12H12ClNO2. The summed E-state index contributed by atoms with van der Waals surface area (Å²) in [6, 6.07) is 5.37. The van der Waals surface area contributed by atoms with Crippen LogP contribution >= 0.6 is 11.6 Å². The van der Waals surface area contributed by atoms with E-state index >= 15 is 0 Å². The number of rotatable bonds is 1. The van der Waals surface area contributed by atoms with Crippen LogP contribution in [0.15, 0.2) is 22.6 Å². The van der Waals surface area contributed by atoms with Crippen molar-refractivity contribution in [2.24, 2.45) is 0 Å². The first kappa shape index (κ1) is 11.0. The Hall–Kier alpha value is -1.48. The molecule has 0 N–H and O–H groups in total. The van der Waals surface area contributed by atoms with Crippen LogP contribution < -0.4 is 0 Å². The molecule has 0 aliphatic heterocycles. The van der Waals surface area contributed by atoms with Crippen LogP contribution in [0.25, 0.3) is 11.0 Å². The molecule has 1 heterocycles. The van der Waals surface area contributed by atoms with E-state index in [-0.39, 0.29) is 5.91 Å². The van der Waals surface area contributed by atoms with Crippen molar-refractivity contribution in [1.82, 2.24) is 4.90 Å². The van der Waals surface area contributed by atoms with Crippen molar-refractivity contribution in [3.8, 4) is 0 Å². The average molecular weight is 238 g/mol. The molecule has 3 nitrogen and oxygen atoms in total. The summed E-state index contributed by atoms with van der Waals surface area (Å²) < 4.78 is 5.53. The van der Waals surface area contributed by atoms with Crippen molar-refractivity contribution in [1.29, 1.82) is 0 Å². The summed E-state index contributed by atoms with van der Waals surface area (Å²) in [6.45, 7) is 1.87. The molecule has 0 saturated heterocycles. The minimum atomic E-state index is -0.134. The van der Waals surface area contributed by atoms with E-state index < -0.39 is 0 Å². The highest BCUT2D eigenvalue weighted by Gasteiger charge is 2.18. The number of hydrogen-bond donors (Lipinski definition) is 0. The molecule has 4 heteroatoms. The van der Waals surface area contributed by atoms with E-state index in [4.69, 9.17) is 16.0 Å². The molecule has 0 unspecified atom stereocenters. The van der Waals surface area contributed by atoms with E-state index in [1.54, 1.807) is 26.2 Å². The van der Waals surface area contributed by atoms with Gasteiger partial charge in [-0.1, -0.05) is 11.6 Å². The van der Waals surface area contributed by atoms with Crippen molar-refractivity contribution in [3.05, 3.63) is 34.5 Å². The second-order valence-corrected chi connectivity index (χ2v) is 4.33. The maximum atomic E-state index is 11.8. The second kappa shape index (κ2) is 3.83. The lowest BCUT2D eigenvalue weighted by molar-refractivity contribution is 0.0798. The molecule has 1 aromatic heterocycles. The molecular weight excluding hydrogens is 226 g/mol. The summed E-state index contributed by atoms with van der Waals surface area (Å²) in [4.78, 5) is 13.3. The van der Waals surface area contributed by atoms with Crippen molar-refractivity contribution < 1.29 is 9.21 Å². The number of halogens is 1. The number of hydrogen-bond acceptors (Lipinski definition) is 2. The normalized spacial score (nSPS) is 10.8. The summed E-state index contributed by atoms with van der Waals surface area (Å²) in [5, 5.41) is 1.53. The van der Waals surface area contributed by atoms with E-state index in [2.05, 4.69) is 0 Å². The van der Waals surface area contributed by atoms with Gasteiger partial charge in [0.2, 0.25) is 0 Å². The Kier molecular flexibility index (Phi) is 2.64. The van der Waals surface area contributed by atoms with Gasteiger partial charge < -0.3 is 9.32 Å². The van der Waals surface area contributed by atoms with Gasteiger partial charge >= 0.3 is 0 Å². The first-order chi connectivity index (χ1) is 7.50. The van der Waals surface area contributed by atoms with Gasteiger partial charge in [0.25, 0.3) is 5.91 Å². The van der Waals surface area contributed by atoms with Gasteiger partial charge in [-0.25, -0.2) is 0 Å². The number of amides is 1. The third kappa shape index (κ3) is 1.67. The molecule has 0 atom stereocenters. The van der Waals surface area contributed by atoms with Gasteiger partial charge in [-0.05, 0) is 19.1 Å². The topological polar surface area (TPSA) is 33.5 Å². The van der Waals surface area contributed by atoms with Gasteiger partial charge in [0.1, 0.15) is 5.58 Å². The molecule has 2 aromatic rings. The van der Waals surface area contributed by atoms with Crippen LogP contribution in [0.1, 0.15) is 16.1 Å². The van der Waals surface area contributed by atoms with E-state index in [1.165, 1.54) is 4.90 Å². The summed E-state index contributed by atoms with van der Waals surface area (Å²) in [5.41, 5.74) is 1.50. The van der Waals surface area contributed by atoms with Gasteiger partial charge in [0.15, 0.2) is 5.76 Å². The van der Waals surface area contributed by atoms with E-state index in [0.717, 1.165) is 10.9 Å². The van der Waals surface area contributed by atoms with Gasteiger partial charge in [0, 0.05) is 36.1 Å². The molecule has 0 fully saturated rings. The zero-order chi connectivity index (χ0) is 11.9. The highest BCUT2D eigenvalue weighted by atomic mass is 35.5. The highest BCUT2D eigenvalue weighted by molar-refractivity contribution is 6.31. The standard InChI is InChI=1S/C12H12ClNO2/c1-7-9-5-4-8(13)6-10(9)16-11(7)12(15)14(2)3/h4-6H,1-3H3. The maximum absolute atomic E-state index is 11.8. The number of carbonyl (C=O) groups is 1. The third-order valence-electron chi connectivity index (χ3n) is 2.50. The Morgan fingerprint density at radius 2 is 2.06 bits per heavy atom. The Morgan fingerprint density at radius 3 is 2.69 bits per heavy atom. The van der Waals surface area contributed by atoms with Gasteiger partial charge in [-0.15, -0.1) is 0 Å². The molecule has 0 spiro atoms. The van der Waals surface area contributed by atoms with E-state index in [9.17, 15) is 4.79 Å². The zero-order valence-electron chi connectivity index (χ0n) is 9.37. The Bertz CT molecular complexity index is 557. The minimum Gasteiger partial charge on any atom is -0.451 e. The number of benzene rings is 1. The Balaban J connectivity index is 2.64. The first-order valence-electron chi connectivity index (χ1n) is 4.91. The Morgan fingerprint density at radius 1 is 1.38 bits per heavy atom. The fourth-order valence-electron chi connectivity index (χ4n) is 1.61. The second-order valence-electron chi connectivity index (χ2n) is 3.90. The Labute approximate surface area is 98.6 Å². The quantitative estimate of drug-likeness (QED) is 0.764. The number of nitrogens with zero attached hydrogens (tertiary/aromatic N) is 1. The van der Waals surface area contributed by atoms with E-state index in [1.807, 2.05) is 13.0 Å². The number of aryl methyl sites for hydroxylation is 1. The smallest absolute Gasteiger partial charge is 0.289 e. The van der Waals surface area contributed by atoms with Crippen LogP contribution in [0, 0.1) is 6.92 Å². The van der Waals surface area contributed by atoms with Crippen molar-refractivity contribution in [2.45, 2.75) is 6.92 Å². The lowest BCUT2D eigenvalue weighted by Gasteiger charge is -2.07. The predicted octanol–water partition coefficient (Wildman–Crippen LogP) is 3.10. The number of carbonyl (C=O) groups excluding carboxylic acids is 1. The summed E-state index contributed by atoms with van der Waals surface area (Å²) in [6.07, 6.45) is 0. The highest BCUT2D eigenvalue weighted by Crippen LogP contribution is 2.28. The van der Waals surface area contributed by atoms with Crippen molar-refractivity contribution >= 4 is 28.5 Å². The molecule has 0 bridgehead atoms. The largest absolute Gasteiger partial charge is 0.451 e. The van der Waals surface area contributed by atoms with Gasteiger partial charge in [-0.2, -0.15) is 0 Å². The van der Waals surface area contributed by atoms with E-state index in [0.29, 0.717) is 16.4 Å². The average Bonchev–Trinajstić information content (AvgIpc) is 2.54. The van der Waals surface area contributed by atoms with Crippen LogP contribution in [0.5, 0.6) is 0 Å². The van der Waals surface area contributed by atoms with Gasteiger partial charge in [-0.3, -0.25) is 4.79 Å². The van der Waals surface area contributed by atoms with Crippen molar-refractivity contribution in [2.75, 3.05) is 14.1 Å². The molecule has 2 rings (SSSR count). The lowest BCUT2D eigenvalue weighted by Crippen LogP contribution is -2.21. The summed E-state index contributed by atoms with van der Waals surface area (Å²) in [7, 11) is 3.39. The minimum absolute atomic E-state index is 0.134. The van der Waals surface area contributed by atoms with Crippen molar-refractivity contribution in [3.63, 3.8) is 0 Å². The van der Waals surface area contributed by atoms with Crippen LogP contribution in [-0.2, 0) is 0 Å². The third-order valence-corrected chi connectivity index (χ3v) is 2.74. The molecule has 0 saturated carbocycles. The lowest BCUT2D eigenvalue weighted by atomic mass is 10.1. The maximum Gasteiger partial charge on any atom is 0.289 e. The summed E-state index contributed by atoms with van der Waals surface area (Å²) >= 11 is 5.87. The first-order valence-corrected chi connectivity index (χ1v) is 5.29. The van der Waals surface area contributed by atoms with Gasteiger partial charge in [0.05, 0.1) is 0 Å². The summed E-state index contributed by atoms with van der Waals surface area (Å²) in [5.74, 6) is 0.243. The van der Waals surface area contributed by atoms with Crippen LogP contribution in [0.4, 0.5) is 0 Å². The monoisotopic (exact) mass is 237 g/mol. The fourth-order valence-corrected chi connectivity index (χ4v) is 1.77. The molecule has 84 valence electrons.